The van der Waals surface area contributed by atoms with Gasteiger partial charge in [0.1, 0.15) is 11.2 Å². The Morgan fingerprint density at radius 1 is 0.760 bits per heavy atom. The molecule has 2 aromatic heterocycles. The van der Waals surface area contributed by atoms with E-state index in [9.17, 15) is 19.8 Å². The van der Waals surface area contributed by atoms with Crippen LogP contribution in [-0.4, -0.2) is 49.2 Å². The molecule has 2 aromatic carbocycles. The minimum absolute atomic E-state index is 0.166. The average molecular weight is 708 g/mol. The number of nitrogens with one attached hydrogen (secondary N) is 2. The summed E-state index contributed by atoms with van der Waals surface area (Å²) in [6, 6.07) is 17.2. The number of halogens is 2. The Hall–Kier alpha value is -4.70. The number of anilines is 1. The molecule has 4 N–H and O–H groups in total. The van der Waals surface area contributed by atoms with E-state index in [4.69, 9.17) is 23.2 Å². The summed E-state index contributed by atoms with van der Waals surface area (Å²) in [5.74, 6) is 11.1. The number of rotatable bonds is 5. The van der Waals surface area contributed by atoms with E-state index in [2.05, 4.69) is 44.3 Å². The molecule has 4 aromatic rings. The van der Waals surface area contributed by atoms with Gasteiger partial charge in [0.15, 0.2) is 0 Å². The van der Waals surface area contributed by atoms with Crippen LogP contribution in [0.5, 0.6) is 0 Å². The SMILES string of the molecule is O=C(N[C@@H]1CCCC(O)(C#Cc2cccc(Cl)c2)C1)c1ccncc1NC(=O)c1ccncc1[C@H]1CCCC(O)(C#Cc2cccc(Cl)c2)C1. The van der Waals surface area contributed by atoms with E-state index in [0.717, 1.165) is 12.8 Å². The van der Waals surface area contributed by atoms with Crippen LogP contribution in [0.4, 0.5) is 5.69 Å². The minimum atomic E-state index is -1.27. The Bertz CT molecular complexity index is 2030. The average Bonchev–Trinajstić information content (AvgIpc) is 3.10. The second-order valence-electron chi connectivity index (χ2n) is 13.0. The molecule has 6 rings (SSSR count). The smallest absolute Gasteiger partial charge is 0.256 e. The molecule has 2 amide bonds. The lowest BCUT2D eigenvalue weighted by molar-refractivity contribution is 0.0452. The zero-order chi connectivity index (χ0) is 35.1. The van der Waals surface area contributed by atoms with Crippen molar-refractivity contribution in [1.82, 2.24) is 15.3 Å². The summed E-state index contributed by atoms with van der Waals surface area (Å²) in [5.41, 5.74) is 0.489. The Balaban J connectivity index is 1.14. The van der Waals surface area contributed by atoms with Gasteiger partial charge in [-0.1, -0.05) is 59.0 Å². The number of pyridine rings is 2. The maximum Gasteiger partial charge on any atom is 0.256 e. The highest BCUT2D eigenvalue weighted by Crippen LogP contribution is 2.39. The van der Waals surface area contributed by atoms with Gasteiger partial charge in [0.25, 0.3) is 11.8 Å². The Morgan fingerprint density at radius 2 is 1.36 bits per heavy atom. The summed E-state index contributed by atoms with van der Waals surface area (Å²) < 4.78 is 0. The number of benzene rings is 2. The lowest BCUT2D eigenvalue weighted by atomic mass is 9.74. The second-order valence-corrected chi connectivity index (χ2v) is 13.9. The zero-order valence-electron chi connectivity index (χ0n) is 27.3. The predicted molar refractivity (Wildman–Crippen MR) is 194 cm³/mol. The molecular formula is C40H36Cl2N4O4. The summed E-state index contributed by atoms with van der Waals surface area (Å²) in [6.45, 7) is 0. The molecule has 254 valence electrons. The maximum atomic E-state index is 13.8. The van der Waals surface area contributed by atoms with Crippen LogP contribution in [0, 0.1) is 23.7 Å². The lowest BCUT2D eigenvalue weighted by Crippen LogP contribution is -2.45. The van der Waals surface area contributed by atoms with Gasteiger partial charge in [-0.2, -0.15) is 0 Å². The van der Waals surface area contributed by atoms with Crippen LogP contribution < -0.4 is 10.6 Å². The molecule has 2 unspecified atom stereocenters. The highest BCUT2D eigenvalue weighted by Gasteiger charge is 2.36. The topological polar surface area (TPSA) is 124 Å². The van der Waals surface area contributed by atoms with Crippen molar-refractivity contribution in [3.8, 4) is 23.7 Å². The van der Waals surface area contributed by atoms with Crippen LogP contribution >= 0.6 is 23.2 Å². The molecule has 0 bridgehead atoms. The van der Waals surface area contributed by atoms with Gasteiger partial charge in [0, 0.05) is 57.8 Å². The summed E-state index contributed by atoms with van der Waals surface area (Å²) >= 11 is 12.2. The number of hydrogen-bond acceptors (Lipinski definition) is 6. The fraction of sp³-hybridized carbons (Fsp3) is 0.300. The third kappa shape index (κ3) is 8.90. The number of nitrogens with zero attached hydrogens (tertiary/aromatic N) is 2. The molecule has 2 heterocycles. The normalized spacial score (nSPS) is 23.0. The maximum absolute atomic E-state index is 13.8. The van der Waals surface area contributed by atoms with Crippen molar-refractivity contribution in [3.05, 3.63) is 123 Å². The fourth-order valence-corrected chi connectivity index (χ4v) is 7.09. The first-order valence-electron chi connectivity index (χ1n) is 16.6. The molecule has 0 aliphatic heterocycles. The van der Waals surface area contributed by atoms with Crippen molar-refractivity contribution in [2.45, 2.75) is 74.5 Å². The van der Waals surface area contributed by atoms with Gasteiger partial charge in [0.05, 0.1) is 17.4 Å². The van der Waals surface area contributed by atoms with E-state index >= 15 is 0 Å². The quantitative estimate of drug-likeness (QED) is 0.167. The van der Waals surface area contributed by atoms with E-state index in [0.29, 0.717) is 64.4 Å². The van der Waals surface area contributed by atoms with E-state index in [1.165, 1.54) is 12.4 Å². The van der Waals surface area contributed by atoms with E-state index in [1.54, 1.807) is 54.9 Å². The zero-order valence-corrected chi connectivity index (χ0v) is 28.8. The van der Waals surface area contributed by atoms with Crippen molar-refractivity contribution in [1.29, 1.82) is 0 Å². The largest absolute Gasteiger partial charge is 0.378 e. The molecule has 2 saturated carbocycles. The molecule has 2 aliphatic carbocycles. The Kier molecular flexibility index (Phi) is 10.9. The van der Waals surface area contributed by atoms with Crippen LogP contribution in [0.2, 0.25) is 10.0 Å². The molecule has 10 heteroatoms. The van der Waals surface area contributed by atoms with E-state index in [1.807, 2.05) is 18.2 Å². The van der Waals surface area contributed by atoms with Gasteiger partial charge < -0.3 is 20.8 Å². The van der Waals surface area contributed by atoms with Gasteiger partial charge in [-0.15, -0.1) is 0 Å². The molecule has 2 aliphatic rings. The summed E-state index contributed by atoms with van der Waals surface area (Å²) in [5, 5.41) is 29.7. The van der Waals surface area contributed by atoms with Crippen molar-refractivity contribution in [2.24, 2.45) is 0 Å². The first-order chi connectivity index (χ1) is 24.1. The van der Waals surface area contributed by atoms with Gasteiger partial charge in [-0.05, 0) is 105 Å². The third-order valence-corrected chi connectivity index (χ3v) is 9.64. The van der Waals surface area contributed by atoms with Crippen LogP contribution in [-0.2, 0) is 0 Å². The number of carbonyl (C=O) groups is 2. The van der Waals surface area contributed by atoms with Gasteiger partial charge in [0.2, 0.25) is 0 Å². The number of carbonyl (C=O) groups excluding carboxylic acids is 2. The molecular weight excluding hydrogens is 671 g/mol. The molecule has 0 saturated heterocycles. The van der Waals surface area contributed by atoms with Crippen LogP contribution in [0.25, 0.3) is 0 Å². The van der Waals surface area contributed by atoms with E-state index < -0.39 is 23.0 Å². The highest BCUT2D eigenvalue weighted by atomic mass is 35.5. The van der Waals surface area contributed by atoms with Gasteiger partial charge in [-0.3, -0.25) is 19.6 Å². The van der Waals surface area contributed by atoms with Crippen molar-refractivity contribution in [2.75, 3.05) is 5.32 Å². The van der Waals surface area contributed by atoms with Gasteiger partial charge >= 0.3 is 0 Å². The van der Waals surface area contributed by atoms with Crippen molar-refractivity contribution >= 4 is 40.7 Å². The molecule has 0 spiro atoms. The Labute approximate surface area is 301 Å². The van der Waals surface area contributed by atoms with Gasteiger partial charge in [-0.25, -0.2) is 0 Å². The van der Waals surface area contributed by atoms with Crippen molar-refractivity contribution in [3.63, 3.8) is 0 Å². The monoisotopic (exact) mass is 706 g/mol. The highest BCUT2D eigenvalue weighted by molar-refractivity contribution is 6.31. The summed E-state index contributed by atoms with van der Waals surface area (Å²) in [7, 11) is 0. The molecule has 2 fully saturated rings. The number of aromatic nitrogens is 2. The number of hydrogen-bond donors (Lipinski definition) is 4. The van der Waals surface area contributed by atoms with Crippen molar-refractivity contribution < 1.29 is 19.8 Å². The van der Waals surface area contributed by atoms with Crippen LogP contribution in [0.15, 0.2) is 85.5 Å². The lowest BCUT2D eigenvalue weighted by Gasteiger charge is -2.34. The minimum Gasteiger partial charge on any atom is -0.378 e. The molecule has 0 radical (unpaired) electrons. The second kappa shape index (κ2) is 15.5. The molecule has 4 atom stereocenters. The number of aliphatic hydroxyl groups is 2. The summed E-state index contributed by atoms with van der Waals surface area (Å²) in [4.78, 5) is 35.8. The first-order valence-corrected chi connectivity index (χ1v) is 17.4. The third-order valence-electron chi connectivity index (χ3n) is 9.17. The summed E-state index contributed by atoms with van der Waals surface area (Å²) in [6.07, 6.45) is 10.6. The molecule has 50 heavy (non-hydrogen) atoms. The Morgan fingerprint density at radius 3 is 2.02 bits per heavy atom. The standard InChI is InChI=1S/C40H36Cl2N4O4/c41-30-8-1-5-27(21-30)11-17-39(49)15-3-7-29(23-39)35-25-43-19-13-33(35)37(47)46-36-26-44-20-14-34(36)38(48)45-32-10-4-16-40(50,24-32)18-12-28-6-2-9-31(42)22-28/h1-2,5-6,8-9,13-14,19-22,25-26,29,32,49-50H,3-4,7,10,15-16,23-24H2,(H,45,48)(H,46,47)/t29-,32+,39?,40?/m0/s1. The fourth-order valence-electron chi connectivity index (χ4n) is 6.71. The predicted octanol–water partition coefficient (Wildman–Crippen LogP) is 6.93. The number of amides is 2. The van der Waals surface area contributed by atoms with Crippen LogP contribution in [0.3, 0.4) is 0 Å². The molecule has 8 nitrogen and oxygen atoms in total. The first kappa shape index (κ1) is 35.1. The van der Waals surface area contributed by atoms with Crippen LogP contribution in [0.1, 0.15) is 94.7 Å². The van der Waals surface area contributed by atoms with E-state index in [-0.39, 0.29) is 29.6 Å².